The molecule has 0 unspecified atom stereocenters. The minimum absolute atomic E-state index is 0.0422. The van der Waals surface area contributed by atoms with Crippen LogP contribution in [0, 0.1) is 20.8 Å². The molecule has 124 valence electrons. The van der Waals surface area contributed by atoms with Gasteiger partial charge in [-0.2, -0.15) is 0 Å². The highest BCUT2D eigenvalue weighted by Crippen LogP contribution is 2.28. The minimum atomic E-state index is -0.551. The highest BCUT2D eigenvalue weighted by Gasteiger charge is 2.16. The first-order valence-corrected chi connectivity index (χ1v) is 8.18. The fourth-order valence-corrected chi connectivity index (χ4v) is 3.50. The number of fused-ring (bicyclic) bond motifs is 1. The lowest BCUT2D eigenvalue weighted by atomic mass is 10.1. The van der Waals surface area contributed by atoms with Crippen molar-refractivity contribution in [1.82, 2.24) is 0 Å². The van der Waals surface area contributed by atoms with Crippen LogP contribution in [-0.4, -0.2) is 11.1 Å². The normalized spacial score (nSPS) is 11.0. The van der Waals surface area contributed by atoms with Gasteiger partial charge in [0.1, 0.15) is 17.9 Å². The number of hydrogen-bond acceptors (Lipinski definition) is 6. The second-order valence-electron chi connectivity index (χ2n) is 5.58. The molecule has 0 saturated carbocycles. The second kappa shape index (κ2) is 6.13. The molecule has 5 nitrogen and oxygen atoms in total. The van der Waals surface area contributed by atoms with E-state index in [0.29, 0.717) is 27.7 Å². The molecule has 3 aromatic rings. The van der Waals surface area contributed by atoms with Crippen molar-refractivity contribution in [2.45, 2.75) is 27.4 Å². The van der Waals surface area contributed by atoms with E-state index in [1.54, 1.807) is 19.1 Å². The molecule has 0 aliphatic rings. The molecule has 0 amide bonds. The molecule has 0 spiro atoms. The van der Waals surface area contributed by atoms with Gasteiger partial charge in [-0.15, -0.1) is 11.3 Å². The Kier molecular flexibility index (Phi) is 4.15. The molecule has 1 aromatic carbocycles. The van der Waals surface area contributed by atoms with Gasteiger partial charge in [-0.3, -0.25) is 0 Å². The zero-order valence-corrected chi connectivity index (χ0v) is 14.3. The molecule has 0 saturated heterocycles. The number of hydrogen-bond donors (Lipinski definition) is 1. The quantitative estimate of drug-likeness (QED) is 0.577. The fraction of sp³-hybridized carbons (Fsp3) is 0.222. The summed E-state index contributed by atoms with van der Waals surface area (Å²) >= 11 is 1.53. The predicted octanol–water partition coefficient (Wildman–Crippen LogP) is 3.84. The lowest BCUT2D eigenvalue weighted by Crippen LogP contribution is -2.08. The summed E-state index contributed by atoms with van der Waals surface area (Å²) in [6.07, 6.45) is 0. The summed E-state index contributed by atoms with van der Waals surface area (Å²) < 4.78 is 10.5. The number of phenolic OH excluding ortho intramolecular Hbond substituents is 1. The summed E-state index contributed by atoms with van der Waals surface area (Å²) in [6, 6.07) is 6.26. The third-order valence-corrected chi connectivity index (χ3v) is 4.80. The number of thiophene rings is 1. The maximum Gasteiger partial charge on any atom is 0.339 e. The molecule has 0 fully saturated rings. The number of ether oxygens (including phenoxy) is 1. The van der Waals surface area contributed by atoms with Crippen molar-refractivity contribution >= 4 is 28.3 Å². The highest BCUT2D eigenvalue weighted by atomic mass is 32.1. The van der Waals surface area contributed by atoms with E-state index >= 15 is 0 Å². The molecule has 6 heteroatoms. The summed E-state index contributed by atoms with van der Waals surface area (Å²) in [7, 11) is 0. The van der Waals surface area contributed by atoms with Gasteiger partial charge in [0.25, 0.3) is 0 Å². The van der Waals surface area contributed by atoms with E-state index in [-0.39, 0.29) is 12.4 Å². The van der Waals surface area contributed by atoms with Crippen molar-refractivity contribution in [2.75, 3.05) is 0 Å². The average molecular weight is 344 g/mol. The minimum Gasteiger partial charge on any atom is -0.508 e. The summed E-state index contributed by atoms with van der Waals surface area (Å²) in [5, 5.41) is 10.4. The molecule has 0 atom stereocenters. The third-order valence-electron chi connectivity index (χ3n) is 3.84. The first kappa shape index (κ1) is 16.3. The molecule has 24 heavy (non-hydrogen) atoms. The summed E-state index contributed by atoms with van der Waals surface area (Å²) in [5.74, 6) is -0.377. The lowest BCUT2D eigenvalue weighted by Gasteiger charge is -2.09. The van der Waals surface area contributed by atoms with Gasteiger partial charge < -0.3 is 14.3 Å². The van der Waals surface area contributed by atoms with Crippen molar-refractivity contribution in [1.29, 1.82) is 0 Å². The van der Waals surface area contributed by atoms with Gasteiger partial charge in [-0.1, -0.05) is 0 Å². The zero-order chi connectivity index (χ0) is 17.4. The standard InChI is InChI=1S/C18H16O5S/c1-9-6-14(11(3)24-9)18(21)22-8-12-7-16(20)23-17-10(2)15(19)5-4-13(12)17/h4-7,19H,8H2,1-3H3. The summed E-state index contributed by atoms with van der Waals surface area (Å²) in [5.41, 5.74) is 1.31. The van der Waals surface area contributed by atoms with Gasteiger partial charge in [-0.25, -0.2) is 9.59 Å². The smallest absolute Gasteiger partial charge is 0.339 e. The Bertz CT molecular complexity index is 997. The van der Waals surface area contributed by atoms with Gasteiger partial charge in [-0.05, 0) is 39.0 Å². The number of phenols is 1. The van der Waals surface area contributed by atoms with Crippen LogP contribution < -0.4 is 5.63 Å². The van der Waals surface area contributed by atoms with E-state index in [4.69, 9.17) is 9.15 Å². The van der Waals surface area contributed by atoms with Crippen LogP contribution in [0.1, 0.15) is 31.2 Å². The third kappa shape index (κ3) is 2.92. The first-order chi connectivity index (χ1) is 11.4. The first-order valence-electron chi connectivity index (χ1n) is 7.36. The molecule has 2 heterocycles. The molecule has 0 aliphatic heterocycles. The van der Waals surface area contributed by atoms with Gasteiger partial charge in [0, 0.05) is 32.3 Å². The molecular weight excluding hydrogens is 328 g/mol. The number of carbonyl (C=O) groups excluding carboxylic acids is 1. The van der Waals surface area contributed by atoms with Gasteiger partial charge in [0.05, 0.1) is 5.56 Å². The van der Waals surface area contributed by atoms with Crippen LogP contribution in [0.15, 0.2) is 33.5 Å². The van der Waals surface area contributed by atoms with E-state index in [9.17, 15) is 14.7 Å². The predicted molar refractivity (Wildman–Crippen MR) is 91.8 cm³/mol. The summed E-state index contributed by atoms with van der Waals surface area (Å²) in [6.45, 7) is 5.42. The number of aromatic hydroxyl groups is 1. The van der Waals surface area contributed by atoms with Crippen molar-refractivity contribution in [3.8, 4) is 5.75 Å². The maximum atomic E-state index is 12.2. The van der Waals surface area contributed by atoms with Crippen LogP contribution in [0.25, 0.3) is 11.0 Å². The number of carbonyl (C=O) groups is 1. The Labute approximate surface area is 142 Å². The molecule has 0 bridgehead atoms. The second-order valence-corrected chi connectivity index (χ2v) is 7.04. The molecule has 1 N–H and O–H groups in total. The molecule has 3 rings (SSSR count). The van der Waals surface area contributed by atoms with E-state index in [1.807, 2.05) is 13.8 Å². The van der Waals surface area contributed by atoms with Crippen molar-refractivity contribution < 1.29 is 19.1 Å². The van der Waals surface area contributed by atoms with Crippen LogP contribution in [-0.2, 0) is 11.3 Å². The van der Waals surface area contributed by atoms with Crippen molar-refractivity contribution in [3.05, 3.63) is 61.1 Å². The topological polar surface area (TPSA) is 76.7 Å². The number of aryl methyl sites for hydroxylation is 3. The van der Waals surface area contributed by atoms with Gasteiger partial charge in [0.15, 0.2) is 0 Å². The molecular formula is C18H16O5S. The van der Waals surface area contributed by atoms with Crippen LogP contribution in [0.5, 0.6) is 5.75 Å². The van der Waals surface area contributed by atoms with Crippen LogP contribution >= 0.6 is 11.3 Å². The Morgan fingerprint density at radius 3 is 2.67 bits per heavy atom. The highest BCUT2D eigenvalue weighted by molar-refractivity contribution is 7.12. The fourth-order valence-electron chi connectivity index (χ4n) is 2.59. The Balaban J connectivity index is 1.93. The lowest BCUT2D eigenvalue weighted by molar-refractivity contribution is 0.0473. The Hall–Kier alpha value is -2.60. The average Bonchev–Trinajstić information content (AvgIpc) is 2.87. The monoisotopic (exact) mass is 344 g/mol. The summed E-state index contributed by atoms with van der Waals surface area (Å²) in [4.78, 5) is 25.9. The van der Waals surface area contributed by atoms with Crippen LogP contribution in [0.3, 0.4) is 0 Å². The molecule has 0 aliphatic carbocycles. The van der Waals surface area contributed by atoms with Crippen LogP contribution in [0.4, 0.5) is 0 Å². The van der Waals surface area contributed by atoms with E-state index < -0.39 is 11.6 Å². The Morgan fingerprint density at radius 1 is 1.25 bits per heavy atom. The van der Waals surface area contributed by atoms with Crippen molar-refractivity contribution in [2.24, 2.45) is 0 Å². The number of rotatable bonds is 3. The maximum absolute atomic E-state index is 12.2. The van der Waals surface area contributed by atoms with Gasteiger partial charge >= 0.3 is 11.6 Å². The number of esters is 1. The molecule has 2 aromatic heterocycles. The van der Waals surface area contributed by atoms with E-state index in [2.05, 4.69) is 0 Å². The van der Waals surface area contributed by atoms with Crippen LogP contribution in [0.2, 0.25) is 0 Å². The largest absolute Gasteiger partial charge is 0.508 e. The zero-order valence-electron chi connectivity index (χ0n) is 13.5. The SMILES string of the molecule is Cc1cc(C(=O)OCc2cc(=O)oc3c(C)c(O)ccc23)c(C)s1. The van der Waals surface area contributed by atoms with Crippen molar-refractivity contribution in [3.63, 3.8) is 0 Å². The van der Waals surface area contributed by atoms with E-state index in [0.717, 1.165) is 9.75 Å². The Morgan fingerprint density at radius 2 is 2.00 bits per heavy atom. The number of benzene rings is 1. The molecule has 0 radical (unpaired) electrons. The van der Waals surface area contributed by atoms with Gasteiger partial charge in [0.2, 0.25) is 0 Å². The van der Waals surface area contributed by atoms with E-state index in [1.165, 1.54) is 23.5 Å².